The Kier molecular flexibility index (Phi) is 41.3. The zero-order valence-electron chi connectivity index (χ0n) is 37.2. The maximum Gasteiger partial charge on any atom is 0.306 e. The van der Waals surface area contributed by atoms with E-state index in [-0.39, 0.29) is 25.4 Å². The van der Waals surface area contributed by atoms with Crippen molar-refractivity contribution in [2.75, 3.05) is 13.2 Å². The predicted molar refractivity (Wildman–Crippen MR) is 238 cm³/mol. The molecule has 0 aliphatic carbocycles. The summed E-state index contributed by atoms with van der Waals surface area (Å²) in [7, 11) is 0. The summed E-state index contributed by atoms with van der Waals surface area (Å²) >= 11 is 0. The highest BCUT2D eigenvalue weighted by molar-refractivity contribution is 5.76. The molecule has 0 bridgehead atoms. The number of hydrogen-bond donors (Lipinski definition) is 3. The number of esters is 2. The fourth-order valence-electron chi connectivity index (χ4n) is 6.81. The number of amides is 1. The molecule has 0 heterocycles. The first-order valence-electron chi connectivity index (χ1n) is 23.8. The molecule has 332 valence electrons. The number of aliphatic hydroxyl groups is 2. The lowest BCUT2D eigenvalue weighted by Gasteiger charge is -2.29. The minimum atomic E-state index is -1.44. The van der Waals surface area contributed by atoms with Gasteiger partial charge in [0.25, 0.3) is 0 Å². The summed E-state index contributed by atoms with van der Waals surface area (Å²) in [5.74, 6) is -1.18. The van der Waals surface area contributed by atoms with E-state index in [0.717, 1.165) is 70.6 Å². The fraction of sp³-hybridized carbons (Fsp3) is 0.816. The van der Waals surface area contributed by atoms with E-state index < -0.39 is 36.8 Å². The molecule has 0 aliphatic heterocycles. The Labute approximate surface area is 350 Å². The zero-order valence-corrected chi connectivity index (χ0v) is 37.2. The van der Waals surface area contributed by atoms with Crippen molar-refractivity contribution in [3.8, 4) is 0 Å². The average Bonchev–Trinajstić information content (AvgIpc) is 3.21. The van der Waals surface area contributed by atoms with Crippen molar-refractivity contribution in [3.63, 3.8) is 0 Å². The normalized spacial score (nSPS) is 13.4. The van der Waals surface area contributed by atoms with Gasteiger partial charge in [0.2, 0.25) is 5.91 Å². The molecule has 3 N–H and O–H groups in total. The van der Waals surface area contributed by atoms with Crippen molar-refractivity contribution in [1.29, 1.82) is 0 Å². The van der Waals surface area contributed by atoms with Crippen LogP contribution in [0.3, 0.4) is 0 Å². The van der Waals surface area contributed by atoms with Gasteiger partial charge in [0, 0.05) is 19.3 Å². The molecule has 0 rings (SSSR count). The van der Waals surface area contributed by atoms with Crippen LogP contribution in [-0.2, 0) is 23.9 Å². The Bertz CT molecular complexity index is 1010. The second-order valence-corrected chi connectivity index (χ2v) is 16.0. The molecule has 0 aromatic rings. The SMILES string of the molecule is CCC/C=C\C/C=C\C/C=C\CCCCC(=O)O[C@@H](COC(=O)CCCCCCCCCCCCCCC)[C@H](O)[C@H](CO)NC(=O)CCCCCCCCCCC. The molecule has 57 heavy (non-hydrogen) atoms. The number of ether oxygens (including phenoxy) is 2. The third-order valence-electron chi connectivity index (χ3n) is 10.5. The number of carbonyl (C=O) groups excluding carboxylic acids is 3. The zero-order chi connectivity index (χ0) is 41.9. The molecule has 0 spiro atoms. The van der Waals surface area contributed by atoms with Crippen LogP contribution in [0.1, 0.15) is 226 Å². The Morgan fingerprint density at radius 2 is 0.930 bits per heavy atom. The van der Waals surface area contributed by atoms with Gasteiger partial charge in [-0.2, -0.15) is 0 Å². The molecule has 0 aromatic heterocycles. The van der Waals surface area contributed by atoms with Crippen LogP contribution in [0.5, 0.6) is 0 Å². The number of aliphatic hydroxyl groups excluding tert-OH is 2. The van der Waals surface area contributed by atoms with Gasteiger partial charge in [-0.3, -0.25) is 14.4 Å². The van der Waals surface area contributed by atoms with Crippen molar-refractivity contribution in [2.24, 2.45) is 0 Å². The third-order valence-corrected chi connectivity index (χ3v) is 10.5. The Hall–Kier alpha value is -2.45. The Morgan fingerprint density at radius 1 is 0.509 bits per heavy atom. The summed E-state index contributed by atoms with van der Waals surface area (Å²) in [5, 5.41) is 24.1. The van der Waals surface area contributed by atoms with Crippen LogP contribution in [-0.4, -0.2) is 59.5 Å². The van der Waals surface area contributed by atoms with Crippen LogP contribution in [0.4, 0.5) is 0 Å². The van der Waals surface area contributed by atoms with E-state index in [2.05, 4.69) is 62.5 Å². The Morgan fingerprint density at radius 3 is 1.42 bits per heavy atom. The summed E-state index contributed by atoms with van der Waals surface area (Å²) in [6.07, 6.45) is 43.4. The largest absolute Gasteiger partial charge is 0.462 e. The molecule has 0 aromatic carbocycles. The van der Waals surface area contributed by atoms with E-state index in [1.807, 2.05) is 0 Å². The lowest BCUT2D eigenvalue weighted by molar-refractivity contribution is -0.168. The Balaban J connectivity index is 4.79. The van der Waals surface area contributed by atoms with Crippen LogP contribution in [0.15, 0.2) is 36.5 Å². The summed E-state index contributed by atoms with van der Waals surface area (Å²) in [5.41, 5.74) is 0. The highest BCUT2D eigenvalue weighted by Crippen LogP contribution is 2.15. The quantitative estimate of drug-likeness (QED) is 0.0319. The summed E-state index contributed by atoms with van der Waals surface area (Å²) in [6, 6.07) is -1.06. The first-order valence-corrected chi connectivity index (χ1v) is 23.8. The van der Waals surface area contributed by atoms with Crippen molar-refractivity contribution in [3.05, 3.63) is 36.5 Å². The van der Waals surface area contributed by atoms with Gasteiger partial charge in [-0.15, -0.1) is 0 Å². The highest BCUT2D eigenvalue weighted by atomic mass is 16.6. The van der Waals surface area contributed by atoms with Gasteiger partial charge in [0.05, 0.1) is 12.6 Å². The van der Waals surface area contributed by atoms with Gasteiger partial charge >= 0.3 is 11.9 Å². The molecular weight excluding hydrogens is 715 g/mol. The lowest BCUT2D eigenvalue weighted by Crippen LogP contribution is -2.53. The van der Waals surface area contributed by atoms with Crippen molar-refractivity contribution in [2.45, 2.75) is 244 Å². The molecule has 8 heteroatoms. The first-order chi connectivity index (χ1) is 27.9. The average molecular weight is 804 g/mol. The van der Waals surface area contributed by atoms with Crippen LogP contribution in [0.2, 0.25) is 0 Å². The van der Waals surface area contributed by atoms with E-state index in [1.54, 1.807) is 0 Å². The van der Waals surface area contributed by atoms with Crippen molar-refractivity contribution in [1.82, 2.24) is 5.32 Å². The summed E-state index contributed by atoms with van der Waals surface area (Å²) < 4.78 is 11.2. The molecule has 3 atom stereocenters. The minimum absolute atomic E-state index is 0.155. The van der Waals surface area contributed by atoms with Gasteiger partial charge in [-0.1, -0.05) is 192 Å². The van der Waals surface area contributed by atoms with Gasteiger partial charge in [-0.05, 0) is 51.4 Å². The van der Waals surface area contributed by atoms with Crippen molar-refractivity contribution >= 4 is 17.8 Å². The molecular formula is C49H89NO7. The van der Waals surface area contributed by atoms with Crippen LogP contribution in [0.25, 0.3) is 0 Å². The van der Waals surface area contributed by atoms with Gasteiger partial charge in [-0.25, -0.2) is 0 Å². The third kappa shape index (κ3) is 37.6. The number of hydrogen-bond acceptors (Lipinski definition) is 7. The van der Waals surface area contributed by atoms with Gasteiger partial charge in [0.15, 0.2) is 6.10 Å². The van der Waals surface area contributed by atoms with Crippen LogP contribution < -0.4 is 5.32 Å². The molecule has 1 amide bonds. The second kappa shape index (κ2) is 43.1. The molecule has 8 nitrogen and oxygen atoms in total. The van der Waals surface area contributed by atoms with Gasteiger partial charge in [0.1, 0.15) is 12.7 Å². The molecule has 0 radical (unpaired) electrons. The van der Waals surface area contributed by atoms with E-state index in [9.17, 15) is 24.6 Å². The topological polar surface area (TPSA) is 122 Å². The fourth-order valence-corrected chi connectivity index (χ4v) is 6.81. The maximum absolute atomic E-state index is 12.9. The number of rotatable bonds is 42. The van der Waals surface area contributed by atoms with E-state index in [1.165, 1.54) is 109 Å². The maximum atomic E-state index is 12.9. The number of nitrogens with one attached hydrogen (secondary N) is 1. The number of carbonyl (C=O) groups is 3. The highest BCUT2D eigenvalue weighted by Gasteiger charge is 2.32. The van der Waals surface area contributed by atoms with E-state index in [4.69, 9.17) is 9.47 Å². The van der Waals surface area contributed by atoms with E-state index >= 15 is 0 Å². The summed E-state index contributed by atoms with van der Waals surface area (Å²) in [4.78, 5) is 38.3. The molecule has 0 saturated heterocycles. The smallest absolute Gasteiger partial charge is 0.306 e. The lowest BCUT2D eigenvalue weighted by atomic mass is 10.0. The standard InChI is InChI=1S/C49H89NO7/c1-4-7-10-13-16-19-21-23-25-28-31-34-37-40-47(53)56-43-45(57-48(54)41-38-35-32-29-26-24-22-20-17-14-11-8-5-2)49(55)44(42-51)50-46(52)39-36-33-30-27-18-15-12-9-6-3/h11,14,20,22,26,29,44-45,49,51,55H,4-10,12-13,15-19,21,23-25,27-28,30-43H2,1-3H3,(H,50,52)/b14-11-,22-20-,29-26-/t44-,45-,49+/m0/s1. The molecule has 0 aliphatic rings. The van der Waals surface area contributed by atoms with Crippen molar-refractivity contribution < 1.29 is 34.1 Å². The van der Waals surface area contributed by atoms with Gasteiger partial charge < -0.3 is 25.0 Å². The molecule has 0 unspecified atom stereocenters. The number of unbranched alkanes of at least 4 members (excludes halogenated alkanes) is 23. The monoisotopic (exact) mass is 804 g/mol. The second-order valence-electron chi connectivity index (χ2n) is 16.0. The first kappa shape index (κ1) is 54.6. The summed E-state index contributed by atoms with van der Waals surface area (Å²) in [6.45, 7) is 5.76. The molecule has 0 fully saturated rings. The minimum Gasteiger partial charge on any atom is -0.462 e. The molecule has 0 saturated carbocycles. The predicted octanol–water partition coefficient (Wildman–Crippen LogP) is 12.5. The van der Waals surface area contributed by atoms with E-state index in [0.29, 0.717) is 12.8 Å². The number of allylic oxidation sites excluding steroid dienone is 6. The van der Waals surface area contributed by atoms with Crippen LogP contribution >= 0.6 is 0 Å². The van der Waals surface area contributed by atoms with Crippen LogP contribution in [0, 0.1) is 0 Å².